The number of nitriles is 1. The maximum absolute atomic E-state index is 12.6. The molecule has 130 valence electrons. The number of hydrogen-bond acceptors (Lipinski definition) is 7. The van der Waals surface area contributed by atoms with E-state index in [1.165, 1.54) is 12.4 Å². The van der Waals surface area contributed by atoms with Crippen LogP contribution in [0.3, 0.4) is 0 Å². The predicted molar refractivity (Wildman–Crippen MR) is 90.4 cm³/mol. The Morgan fingerprint density at radius 3 is 2.81 bits per heavy atom. The molecule has 1 fully saturated rings. The Bertz CT molecular complexity index is 1100. The topological polar surface area (TPSA) is 127 Å². The Labute approximate surface area is 147 Å². The summed E-state index contributed by atoms with van der Waals surface area (Å²) < 4.78 is 6.86. The Hall–Kier alpha value is -3.54. The van der Waals surface area contributed by atoms with Gasteiger partial charge in [0.1, 0.15) is 24.1 Å². The first-order valence-corrected chi connectivity index (χ1v) is 8.08. The highest BCUT2D eigenvalue weighted by atomic mass is 16.3. The van der Waals surface area contributed by atoms with Gasteiger partial charge in [0.25, 0.3) is 5.56 Å². The number of carbonyl (C=O) groups is 1. The van der Waals surface area contributed by atoms with Gasteiger partial charge < -0.3 is 4.42 Å². The van der Waals surface area contributed by atoms with Crippen LogP contribution in [0.1, 0.15) is 35.8 Å². The minimum absolute atomic E-state index is 0.0548. The predicted octanol–water partition coefficient (Wildman–Crippen LogP) is 1.48. The lowest BCUT2D eigenvalue weighted by molar-refractivity contribution is -0.117. The third-order valence-electron chi connectivity index (χ3n) is 4.12. The van der Waals surface area contributed by atoms with Gasteiger partial charge in [-0.3, -0.25) is 14.9 Å². The Kier molecular flexibility index (Phi) is 3.73. The lowest BCUT2D eigenvalue weighted by atomic mass is 10.2. The highest BCUT2D eigenvalue weighted by molar-refractivity contribution is 5.89. The van der Waals surface area contributed by atoms with E-state index in [0.717, 1.165) is 23.3 Å². The van der Waals surface area contributed by atoms with Gasteiger partial charge in [-0.15, -0.1) is 0 Å². The molecule has 0 saturated heterocycles. The SMILES string of the molecule is Cc1nn(CC(=O)Nc2ncc(C#N)cn2)c(=O)c2cc(C3CC3)oc12. The van der Waals surface area contributed by atoms with E-state index in [9.17, 15) is 9.59 Å². The van der Waals surface area contributed by atoms with Crippen LogP contribution >= 0.6 is 0 Å². The first kappa shape index (κ1) is 16.0. The second-order valence-electron chi connectivity index (χ2n) is 6.17. The molecular formula is C17H14N6O3. The number of carbonyl (C=O) groups excluding carboxylic acids is 1. The van der Waals surface area contributed by atoms with Crippen molar-refractivity contribution < 1.29 is 9.21 Å². The Morgan fingerprint density at radius 1 is 1.42 bits per heavy atom. The van der Waals surface area contributed by atoms with Gasteiger partial charge in [-0.1, -0.05) is 0 Å². The molecule has 3 heterocycles. The Morgan fingerprint density at radius 2 is 2.15 bits per heavy atom. The number of rotatable bonds is 4. The second-order valence-corrected chi connectivity index (χ2v) is 6.17. The van der Waals surface area contributed by atoms with Crippen LogP contribution < -0.4 is 10.9 Å². The molecule has 0 atom stereocenters. The van der Waals surface area contributed by atoms with Crippen molar-refractivity contribution in [2.45, 2.75) is 32.2 Å². The van der Waals surface area contributed by atoms with E-state index in [4.69, 9.17) is 9.68 Å². The molecule has 0 unspecified atom stereocenters. The molecule has 9 nitrogen and oxygen atoms in total. The van der Waals surface area contributed by atoms with Gasteiger partial charge in [-0.25, -0.2) is 14.6 Å². The van der Waals surface area contributed by atoms with Crippen molar-refractivity contribution in [3.8, 4) is 6.07 Å². The van der Waals surface area contributed by atoms with E-state index in [2.05, 4.69) is 20.4 Å². The average Bonchev–Trinajstić information content (AvgIpc) is 3.38. The summed E-state index contributed by atoms with van der Waals surface area (Å²) in [6, 6.07) is 3.64. The third kappa shape index (κ3) is 2.93. The summed E-state index contributed by atoms with van der Waals surface area (Å²) in [4.78, 5) is 32.5. The summed E-state index contributed by atoms with van der Waals surface area (Å²) in [6.07, 6.45) is 4.73. The average molecular weight is 350 g/mol. The summed E-state index contributed by atoms with van der Waals surface area (Å²) in [5.41, 5.74) is 0.934. The van der Waals surface area contributed by atoms with Gasteiger partial charge in [0.2, 0.25) is 11.9 Å². The molecule has 0 aromatic carbocycles. The van der Waals surface area contributed by atoms with Crippen LogP contribution in [0.25, 0.3) is 11.0 Å². The molecule has 0 bridgehead atoms. The van der Waals surface area contributed by atoms with E-state index < -0.39 is 5.91 Å². The van der Waals surface area contributed by atoms with Crippen molar-refractivity contribution in [2.24, 2.45) is 0 Å². The molecule has 3 aromatic heterocycles. The molecule has 4 rings (SSSR count). The fraction of sp³-hybridized carbons (Fsp3) is 0.294. The smallest absolute Gasteiger partial charge is 0.278 e. The molecule has 0 radical (unpaired) electrons. The van der Waals surface area contributed by atoms with Crippen LogP contribution in [0.2, 0.25) is 0 Å². The molecule has 1 N–H and O–H groups in total. The maximum atomic E-state index is 12.6. The lowest BCUT2D eigenvalue weighted by Gasteiger charge is -2.06. The van der Waals surface area contributed by atoms with E-state index in [0.29, 0.717) is 22.6 Å². The molecule has 1 saturated carbocycles. The van der Waals surface area contributed by atoms with Crippen LogP contribution in [0.15, 0.2) is 27.7 Å². The monoisotopic (exact) mass is 350 g/mol. The van der Waals surface area contributed by atoms with Gasteiger partial charge in [0, 0.05) is 5.92 Å². The minimum Gasteiger partial charge on any atom is -0.459 e. The summed E-state index contributed by atoms with van der Waals surface area (Å²) in [7, 11) is 0. The zero-order chi connectivity index (χ0) is 18.3. The third-order valence-corrected chi connectivity index (χ3v) is 4.12. The van der Waals surface area contributed by atoms with Crippen LogP contribution in [-0.4, -0.2) is 25.7 Å². The number of amides is 1. The highest BCUT2D eigenvalue weighted by Gasteiger charge is 2.28. The van der Waals surface area contributed by atoms with Crippen LogP contribution in [-0.2, 0) is 11.3 Å². The molecule has 1 amide bonds. The largest absolute Gasteiger partial charge is 0.459 e. The van der Waals surface area contributed by atoms with E-state index in [-0.39, 0.29) is 23.6 Å². The number of anilines is 1. The molecule has 26 heavy (non-hydrogen) atoms. The molecule has 1 aliphatic rings. The zero-order valence-electron chi connectivity index (χ0n) is 13.9. The van der Waals surface area contributed by atoms with Crippen LogP contribution in [0, 0.1) is 18.3 Å². The van der Waals surface area contributed by atoms with Gasteiger partial charge in [-0.2, -0.15) is 10.4 Å². The fourth-order valence-electron chi connectivity index (χ4n) is 2.68. The first-order valence-electron chi connectivity index (χ1n) is 8.08. The molecule has 0 spiro atoms. The number of nitrogens with zero attached hydrogens (tertiary/aromatic N) is 5. The first-order chi connectivity index (χ1) is 12.5. The summed E-state index contributed by atoms with van der Waals surface area (Å²) in [6.45, 7) is 1.46. The van der Waals surface area contributed by atoms with Crippen molar-refractivity contribution in [3.05, 3.63) is 45.8 Å². The standard InChI is InChI=1S/C17H14N6O3/c1-9-15-12(4-13(26-15)11-2-3-11)16(25)23(22-9)8-14(24)21-17-19-6-10(5-18)7-20-17/h4,6-7,11H,2-3,8H2,1H3,(H,19,20,21,24). The van der Waals surface area contributed by atoms with Crippen molar-refractivity contribution in [1.82, 2.24) is 19.7 Å². The normalized spacial score (nSPS) is 13.5. The van der Waals surface area contributed by atoms with Gasteiger partial charge in [0.05, 0.1) is 23.3 Å². The van der Waals surface area contributed by atoms with E-state index in [1.807, 2.05) is 6.07 Å². The second kappa shape index (κ2) is 6.07. The number of hydrogen-bond donors (Lipinski definition) is 1. The number of fused-ring (bicyclic) bond motifs is 1. The summed E-state index contributed by atoms with van der Waals surface area (Å²) in [5, 5.41) is 15.8. The van der Waals surface area contributed by atoms with Crippen molar-refractivity contribution in [2.75, 3.05) is 5.32 Å². The maximum Gasteiger partial charge on any atom is 0.278 e. The van der Waals surface area contributed by atoms with E-state index >= 15 is 0 Å². The quantitative estimate of drug-likeness (QED) is 0.755. The van der Waals surface area contributed by atoms with Crippen LogP contribution in [0.5, 0.6) is 0 Å². The molecule has 1 aliphatic carbocycles. The lowest BCUT2D eigenvalue weighted by Crippen LogP contribution is -2.30. The molecule has 0 aliphatic heterocycles. The number of nitrogens with one attached hydrogen (secondary N) is 1. The number of aryl methyl sites for hydroxylation is 1. The zero-order valence-corrected chi connectivity index (χ0v) is 13.9. The fourth-order valence-corrected chi connectivity index (χ4v) is 2.68. The van der Waals surface area contributed by atoms with Crippen molar-refractivity contribution in [3.63, 3.8) is 0 Å². The number of furan rings is 1. The van der Waals surface area contributed by atoms with Crippen molar-refractivity contribution in [1.29, 1.82) is 5.26 Å². The molecule has 3 aromatic rings. The van der Waals surface area contributed by atoms with Gasteiger partial charge in [-0.05, 0) is 25.8 Å². The van der Waals surface area contributed by atoms with Gasteiger partial charge in [0.15, 0.2) is 5.58 Å². The number of aromatic nitrogens is 4. The van der Waals surface area contributed by atoms with Crippen molar-refractivity contribution >= 4 is 22.8 Å². The van der Waals surface area contributed by atoms with Crippen LogP contribution in [0.4, 0.5) is 5.95 Å². The van der Waals surface area contributed by atoms with Gasteiger partial charge >= 0.3 is 0 Å². The highest BCUT2D eigenvalue weighted by Crippen LogP contribution is 2.41. The summed E-state index contributed by atoms with van der Waals surface area (Å²) in [5.74, 6) is 0.745. The summed E-state index contributed by atoms with van der Waals surface area (Å²) >= 11 is 0. The molecule has 9 heteroatoms. The Balaban J connectivity index is 1.58. The minimum atomic E-state index is -0.492. The van der Waals surface area contributed by atoms with E-state index in [1.54, 1.807) is 13.0 Å². The molecular weight excluding hydrogens is 336 g/mol.